The van der Waals surface area contributed by atoms with E-state index >= 15 is 0 Å². The smallest absolute Gasteiger partial charge is 0.00886 e. The van der Waals surface area contributed by atoms with Crippen molar-refractivity contribution in [3.63, 3.8) is 0 Å². The van der Waals surface area contributed by atoms with Gasteiger partial charge in [0.2, 0.25) is 0 Å². The van der Waals surface area contributed by atoms with E-state index in [9.17, 15) is 0 Å². The van der Waals surface area contributed by atoms with E-state index in [-0.39, 0.29) is 0 Å². The van der Waals surface area contributed by atoms with Crippen molar-refractivity contribution in [3.8, 4) is 11.8 Å². The maximum Gasteiger partial charge on any atom is 0.00886 e. The van der Waals surface area contributed by atoms with Gasteiger partial charge in [0.25, 0.3) is 0 Å². The molecule has 0 fully saturated rings. The summed E-state index contributed by atoms with van der Waals surface area (Å²) in [4.78, 5) is 0. The number of rotatable bonds is 0. The van der Waals surface area contributed by atoms with E-state index < -0.39 is 0 Å². The van der Waals surface area contributed by atoms with Crippen molar-refractivity contribution in [2.24, 2.45) is 0 Å². The molecule has 0 aromatic heterocycles. The van der Waals surface area contributed by atoms with Gasteiger partial charge in [-0.3, -0.25) is 0 Å². The van der Waals surface area contributed by atoms with Gasteiger partial charge >= 0.3 is 0 Å². The average Bonchev–Trinajstić information content (AvgIpc) is 2.39. The minimum atomic E-state index is 1.14. The van der Waals surface area contributed by atoms with Crippen LogP contribution in [-0.4, -0.2) is 0 Å². The van der Waals surface area contributed by atoms with E-state index in [0.29, 0.717) is 0 Å². The largest absolute Gasteiger partial charge is 0.103 e. The second-order valence-electron chi connectivity index (χ2n) is 5.80. The first-order valence-electron chi connectivity index (χ1n) is 8.46. The molecule has 0 unspecified atom stereocenters. The van der Waals surface area contributed by atoms with Gasteiger partial charge in [-0.25, -0.2) is 0 Å². The van der Waals surface area contributed by atoms with Crippen molar-refractivity contribution in [3.05, 3.63) is 0 Å². The summed E-state index contributed by atoms with van der Waals surface area (Å²) >= 11 is 0. The zero-order valence-corrected chi connectivity index (χ0v) is 12.3. The van der Waals surface area contributed by atoms with Crippen molar-refractivity contribution in [1.29, 1.82) is 0 Å². The van der Waals surface area contributed by atoms with Crippen LogP contribution in [-0.2, 0) is 0 Å². The molecule has 0 amide bonds. The molecule has 0 aromatic rings. The van der Waals surface area contributed by atoms with E-state index in [4.69, 9.17) is 0 Å². The number of hydrogen-bond acceptors (Lipinski definition) is 0. The average molecular weight is 248 g/mol. The van der Waals surface area contributed by atoms with Gasteiger partial charge in [0.1, 0.15) is 0 Å². The monoisotopic (exact) mass is 248 g/mol. The molecule has 0 N–H and O–H groups in total. The van der Waals surface area contributed by atoms with Crippen molar-refractivity contribution < 1.29 is 0 Å². The Morgan fingerprint density at radius 3 is 0.778 bits per heavy atom. The quantitative estimate of drug-likeness (QED) is 0.445. The maximum absolute atomic E-state index is 3.34. The van der Waals surface area contributed by atoms with E-state index in [2.05, 4.69) is 11.8 Å². The van der Waals surface area contributed by atoms with E-state index in [1.54, 1.807) is 0 Å². The Morgan fingerprint density at radius 2 is 0.500 bits per heavy atom. The summed E-state index contributed by atoms with van der Waals surface area (Å²) < 4.78 is 0. The van der Waals surface area contributed by atoms with Crippen LogP contribution in [0.25, 0.3) is 0 Å². The Kier molecular flexibility index (Phi) is 11.3. The molecule has 0 heteroatoms. The molecular formula is C18H32. The van der Waals surface area contributed by atoms with Gasteiger partial charge in [0.05, 0.1) is 0 Å². The minimum Gasteiger partial charge on any atom is -0.103 e. The summed E-state index contributed by atoms with van der Waals surface area (Å²) in [7, 11) is 0. The highest BCUT2D eigenvalue weighted by Crippen LogP contribution is 2.13. The van der Waals surface area contributed by atoms with Gasteiger partial charge in [-0.15, -0.1) is 11.8 Å². The van der Waals surface area contributed by atoms with Crippen LogP contribution < -0.4 is 0 Å². The fourth-order valence-electron chi connectivity index (χ4n) is 2.72. The van der Waals surface area contributed by atoms with Crippen LogP contribution in [0.15, 0.2) is 0 Å². The fraction of sp³-hybridized carbons (Fsp3) is 0.889. The standard InChI is InChI=1S/C18H32/c1-2-4-6-8-10-12-14-16-18-17-15-13-11-9-7-5-3-1/h1-16H2. The van der Waals surface area contributed by atoms with Crippen LogP contribution in [0.3, 0.4) is 0 Å². The van der Waals surface area contributed by atoms with Gasteiger partial charge in [-0.1, -0.05) is 77.0 Å². The first-order valence-corrected chi connectivity index (χ1v) is 8.46. The molecule has 0 atom stereocenters. The lowest BCUT2D eigenvalue weighted by Crippen LogP contribution is -1.84. The zero-order chi connectivity index (χ0) is 12.7. The van der Waals surface area contributed by atoms with Crippen LogP contribution in [0.5, 0.6) is 0 Å². The second kappa shape index (κ2) is 13.0. The summed E-state index contributed by atoms with van der Waals surface area (Å²) in [6, 6.07) is 0. The highest BCUT2D eigenvalue weighted by Gasteiger charge is 1.94. The lowest BCUT2D eigenvalue weighted by molar-refractivity contribution is 0.534. The lowest BCUT2D eigenvalue weighted by atomic mass is 10.0. The van der Waals surface area contributed by atoms with Crippen LogP contribution in [0, 0.1) is 11.8 Å². The molecule has 0 heterocycles. The molecule has 18 heavy (non-hydrogen) atoms. The van der Waals surface area contributed by atoms with Crippen molar-refractivity contribution >= 4 is 0 Å². The molecule has 0 bridgehead atoms. The highest BCUT2D eigenvalue weighted by molar-refractivity contribution is 4.98. The van der Waals surface area contributed by atoms with Gasteiger partial charge in [-0.2, -0.15) is 0 Å². The SMILES string of the molecule is C1#CCCCCCCCCCCCCCCCC1. The Hall–Kier alpha value is -0.440. The topological polar surface area (TPSA) is 0 Å². The summed E-state index contributed by atoms with van der Waals surface area (Å²) in [5.41, 5.74) is 0. The number of hydrogen-bond donors (Lipinski definition) is 0. The lowest BCUT2D eigenvalue weighted by Gasteiger charge is -2.03. The van der Waals surface area contributed by atoms with Crippen LogP contribution in [0.2, 0.25) is 0 Å². The zero-order valence-electron chi connectivity index (χ0n) is 12.3. The molecule has 0 saturated carbocycles. The maximum atomic E-state index is 3.34. The third kappa shape index (κ3) is 10.7. The van der Waals surface area contributed by atoms with Gasteiger partial charge in [0, 0.05) is 12.8 Å². The minimum absolute atomic E-state index is 1.14. The molecule has 0 aromatic carbocycles. The van der Waals surface area contributed by atoms with Crippen molar-refractivity contribution in [2.75, 3.05) is 0 Å². The predicted molar refractivity (Wildman–Crippen MR) is 81.6 cm³/mol. The first kappa shape index (κ1) is 15.6. The molecule has 1 rings (SSSR count). The van der Waals surface area contributed by atoms with Gasteiger partial charge < -0.3 is 0 Å². The molecule has 0 saturated heterocycles. The van der Waals surface area contributed by atoms with Gasteiger partial charge in [0.15, 0.2) is 0 Å². The van der Waals surface area contributed by atoms with E-state index in [1.807, 2.05) is 0 Å². The third-order valence-corrected chi connectivity index (χ3v) is 3.98. The van der Waals surface area contributed by atoms with Gasteiger partial charge in [-0.05, 0) is 12.8 Å². The molecule has 104 valence electrons. The summed E-state index contributed by atoms with van der Waals surface area (Å²) in [6.45, 7) is 0. The summed E-state index contributed by atoms with van der Waals surface area (Å²) in [6.07, 6.45) is 22.3. The highest BCUT2D eigenvalue weighted by atomic mass is 14.0. The Balaban J connectivity index is 2.09. The molecule has 0 radical (unpaired) electrons. The first-order chi connectivity index (χ1) is 9.00. The Bertz CT molecular complexity index is 196. The molecule has 0 nitrogen and oxygen atoms in total. The summed E-state index contributed by atoms with van der Waals surface area (Å²) in [5, 5.41) is 0. The molecule has 1 aliphatic rings. The fourth-order valence-corrected chi connectivity index (χ4v) is 2.72. The normalized spacial score (nSPS) is 22.2. The summed E-state index contributed by atoms with van der Waals surface area (Å²) in [5.74, 6) is 6.68. The van der Waals surface area contributed by atoms with E-state index in [0.717, 1.165) is 12.8 Å². The van der Waals surface area contributed by atoms with E-state index in [1.165, 1.54) is 89.9 Å². The van der Waals surface area contributed by atoms with Crippen LogP contribution in [0.4, 0.5) is 0 Å². The predicted octanol–water partition coefficient (Wildman–Crippen LogP) is 6.25. The van der Waals surface area contributed by atoms with Crippen LogP contribution >= 0.6 is 0 Å². The molecule has 0 spiro atoms. The molecule has 0 aliphatic heterocycles. The molecular weight excluding hydrogens is 216 g/mol. The Labute approximate surface area is 115 Å². The Morgan fingerprint density at radius 1 is 0.278 bits per heavy atom. The van der Waals surface area contributed by atoms with Crippen molar-refractivity contribution in [1.82, 2.24) is 0 Å². The molecule has 1 aliphatic carbocycles. The third-order valence-electron chi connectivity index (χ3n) is 3.98. The van der Waals surface area contributed by atoms with Crippen molar-refractivity contribution in [2.45, 2.75) is 103 Å². The second-order valence-corrected chi connectivity index (χ2v) is 5.80. The van der Waals surface area contributed by atoms with Crippen LogP contribution in [0.1, 0.15) is 103 Å².